The molecule has 5 aromatic rings. The van der Waals surface area contributed by atoms with Crippen LogP contribution in [0.25, 0.3) is 22.3 Å². The van der Waals surface area contributed by atoms with Gasteiger partial charge in [0.2, 0.25) is 5.75 Å². The number of amides is 1. The van der Waals surface area contributed by atoms with Gasteiger partial charge in [-0.1, -0.05) is 44.2 Å². The topological polar surface area (TPSA) is 147 Å². The molecule has 1 heterocycles. The molecule has 1 amide bonds. The number of aromatic nitrogens is 2. The van der Waals surface area contributed by atoms with Gasteiger partial charge in [0.15, 0.2) is 18.2 Å². The molecule has 12 heteroatoms. The molecule has 0 saturated carbocycles. The lowest BCUT2D eigenvalue weighted by atomic mass is 9.96. The molecule has 0 spiro atoms. The van der Waals surface area contributed by atoms with Crippen LogP contribution in [-0.2, 0) is 4.79 Å². The molecule has 0 fully saturated rings. The number of benzene rings is 4. The lowest BCUT2D eigenvalue weighted by molar-refractivity contribution is -0.385. The predicted octanol–water partition coefficient (Wildman–Crippen LogP) is 6.63. The molecule has 0 aliphatic heterocycles. The van der Waals surface area contributed by atoms with E-state index >= 15 is 0 Å². The van der Waals surface area contributed by atoms with Gasteiger partial charge in [0.05, 0.1) is 36.3 Å². The number of nitro benzene ring substituents is 1. The number of hydrogen-bond donors (Lipinski definition) is 1. The first-order valence-corrected chi connectivity index (χ1v) is 15.1. The summed E-state index contributed by atoms with van der Waals surface area (Å²) in [5, 5.41) is 19.7. The second-order valence-electron chi connectivity index (χ2n) is 11.4. The summed E-state index contributed by atoms with van der Waals surface area (Å²) in [4.78, 5) is 42.8. The van der Waals surface area contributed by atoms with Crippen molar-refractivity contribution in [2.75, 3.05) is 26.1 Å². The van der Waals surface area contributed by atoms with Gasteiger partial charge in [0, 0.05) is 22.9 Å². The van der Waals surface area contributed by atoms with Crippen LogP contribution in [0.4, 0.5) is 11.4 Å². The van der Waals surface area contributed by atoms with Crippen molar-refractivity contribution in [2.24, 2.45) is 5.10 Å². The van der Waals surface area contributed by atoms with E-state index in [2.05, 4.69) is 10.4 Å². The Morgan fingerprint density at radius 3 is 2.40 bits per heavy atom. The first-order chi connectivity index (χ1) is 23.0. The SMILES string of the molecule is COc1cc(C)c(-c2nc3ccccc3c(=O)n2N=Cc2cc(OC)c(OCC(=O)Nc3ccccc3C)c([N+](=O)[O-])c2)cc1C(C)C. The van der Waals surface area contributed by atoms with Crippen LogP contribution >= 0.6 is 0 Å². The zero-order valence-corrected chi connectivity index (χ0v) is 27.4. The molecule has 4 aromatic carbocycles. The predicted molar refractivity (Wildman–Crippen MR) is 185 cm³/mol. The highest BCUT2D eigenvalue weighted by Crippen LogP contribution is 2.38. The average Bonchev–Trinajstić information content (AvgIpc) is 3.07. The Morgan fingerprint density at radius 2 is 1.71 bits per heavy atom. The van der Waals surface area contributed by atoms with Crippen molar-refractivity contribution in [1.29, 1.82) is 0 Å². The monoisotopic (exact) mass is 649 g/mol. The van der Waals surface area contributed by atoms with Crippen LogP contribution in [0.1, 0.15) is 42.0 Å². The van der Waals surface area contributed by atoms with E-state index in [1.54, 1.807) is 43.5 Å². The lowest BCUT2D eigenvalue weighted by Gasteiger charge is -2.17. The van der Waals surface area contributed by atoms with Gasteiger partial charge in [-0.3, -0.25) is 19.7 Å². The second-order valence-corrected chi connectivity index (χ2v) is 11.4. The van der Waals surface area contributed by atoms with E-state index in [4.69, 9.17) is 19.2 Å². The Morgan fingerprint density at radius 1 is 1.00 bits per heavy atom. The molecule has 0 saturated heterocycles. The molecule has 0 aliphatic rings. The molecule has 246 valence electrons. The van der Waals surface area contributed by atoms with Crippen LogP contribution in [0, 0.1) is 24.0 Å². The zero-order chi connectivity index (χ0) is 34.5. The van der Waals surface area contributed by atoms with E-state index in [0.717, 1.165) is 22.4 Å². The largest absolute Gasteiger partial charge is 0.496 e. The highest BCUT2D eigenvalue weighted by Gasteiger charge is 2.24. The van der Waals surface area contributed by atoms with Crippen LogP contribution in [0.3, 0.4) is 0 Å². The Hall–Kier alpha value is -6.04. The maximum atomic E-state index is 13.8. The molecule has 0 radical (unpaired) electrons. The number of ether oxygens (including phenoxy) is 3. The average molecular weight is 650 g/mol. The normalized spacial score (nSPS) is 11.2. The number of carbonyl (C=O) groups excluding carboxylic acids is 1. The number of nitrogens with one attached hydrogen (secondary N) is 1. The van der Waals surface area contributed by atoms with Gasteiger partial charge in [-0.2, -0.15) is 9.78 Å². The van der Waals surface area contributed by atoms with E-state index in [-0.39, 0.29) is 28.8 Å². The molecule has 0 aliphatic carbocycles. The van der Waals surface area contributed by atoms with Crippen molar-refractivity contribution in [1.82, 2.24) is 9.66 Å². The van der Waals surface area contributed by atoms with Crippen LogP contribution in [0.15, 0.2) is 82.7 Å². The summed E-state index contributed by atoms with van der Waals surface area (Å²) in [6.45, 7) is 7.32. The van der Waals surface area contributed by atoms with E-state index in [1.807, 2.05) is 52.0 Å². The molecule has 0 atom stereocenters. The van der Waals surface area contributed by atoms with E-state index < -0.39 is 28.7 Å². The van der Waals surface area contributed by atoms with Gasteiger partial charge >= 0.3 is 5.69 Å². The molecular formula is C36H35N5O7. The number of hydrogen-bond acceptors (Lipinski definition) is 9. The quantitative estimate of drug-likeness (QED) is 0.0953. The number of nitrogens with zero attached hydrogens (tertiary/aromatic N) is 4. The molecule has 12 nitrogen and oxygen atoms in total. The van der Waals surface area contributed by atoms with Gasteiger partial charge in [-0.15, -0.1) is 0 Å². The summed E-state index contributed by atoms with van der Waals surface area (Å²) in [5.74, 6) is 0.407. The minimum atomic E-state index is -0.641. The molecule has 5 rings (SSSR count). The van der Waals surface area contributed by atoms with Crippen LogP contribution in [-0.4, -0.2) is 47.5 Å². The number of aryl methyl sites for hydroxylation is 2. The van der Waals surface area contributed by atoms with Gasteiger partial charge < -0.3 is 19.5 Å². The Kier molecular flexibility index (Phi) is 9.83. The number of carbonyl (C=O) groups is 1. The maximum Gasteiger partial charge on any atom is 0.315 e. The van der Waals surface area contributed by atoms with Crippen LogP contribution in [0.2, 0.25) is 0 Å². The summed E-state index contributed by atoms with van der Waals surface area (Å²) in [6.07, 6.45) is 1.31. The molecule has 1 N–H and O–H groups in total. The number of methoxy groups -OCH3 is 2. The van der Waals surface area contributed by atoms with Gasteiger partial charge in [0.1, 0.15) is 5.75 Å². The zero-order valence-electron chi connectivity index (χ0n) is 27.4. The summed E-state index contributed by atoms with van der Waals surface area (Å²) in [7, 11) is 2.94. The van der Waals surface area contributed by atoms with Crippen molar-refractivity contribution in [3.05, 3.63) is 116 Å². The summed E-state index contributed by atoms with van der Waals surface area (Å²) >= 11 is 0. The highest BCUT2D eigenvalue weighted by molar-refractivity contribution is 5.93. The fourth-order valence-electron chi connectivity index (χ4n) is 5.25. The van der Waals surface area contributed by atoms with Gasteiger partial charge in [0.25, 0.3) is 11.5 Å². The van der Waals surface area contributed by atoms with Crippen molar-refractivity contribution >= 4 is 34.4 Å². The van der Waals surface area contributed by atoms with Crippen molar-refractivity contribution < 1.29 is 23.9 Å². The number of nitro groups is 1. The number of para-hydroxylation sites is 2. The Bertz CT molecular complexity index is 2120. The Balaban J connectivity index is 1.56. The third-order valence-corrected chi connectivity index (χ3v) is 7.76. The van der Waals surface area contributed by atoms with Gasteiger partial charge in [-0.25, -0.2) is 4.98 Å². The van der Waals surface area contributed by atoms with Crippen molar-refractivity contribution in [2.45, 2.75) is 33.6 Å². The van der Waals surface area contributed by atoms with E-state index in [0.29, 0.717) is 22.2 Å². The molecule has 0 unspecified atom stereocenters. The number of fused-ring (bicyclic) bond motifs is 1. The Labute approximate surface area is 276 Å². The first kappa shape index (κ1) is 33.3. The summed E-state index contributed by atoms with van der Waals surface area (Å²) < 4.78 is 17.8. The highest BCUT2D eigenvalue weighted by atomic mass is 16.6. The fourth-order valence-corrected chi connectivity index (χ4v) is 5.25. The third kappa shape index (κ3) is 6.87. The first-order valence-electron chi connectivity index (χ1n) is 15.1. The lowest BCUT2D eigenvalue weighted by Crippen LogP contribution is -2.21. The van der Waals surface area contributed by atoms with E-state index in [9.17, 15) is 19.7 Å². The minimum Gasteiger partial charge on any atom is -0.496 e. The smallest absolute Gasteiger partial charge is 0.315 e. The van der Waals surface area contributed by atoms with Crippen molar-refractivity contribution in [3.63, 3.8) is 0 Å². The van der Waals surface area contributed by atoms with Crippen LogP contribution < -0.4 is 25.1 Å². The molecule has 1 aromatic heterocycles. The van der Waals surface area contributed by atoms with E-state index in [1.165, 1.54) is 30.1 Å². The van der Waals surface area contributed by atoms with Crippen molar-refractivity contribution in [3.8, 4) is 28.6 Å². The summed E-state index contributed by atoms with van der Waals surface area (Å²) in [6, 6.07) is 20.7. The molecule has 0 bridgehead atoms. The van der Waals surface area contributed by atoms with Crippen LogP contribution in [0.5, 0.6) is 17.2 Å². The number of anilines is 1. The summed E-state index contributed by atoms with van der Waals surface area (Å²) in [5.41, 5.74) is 3.74. The standard InChI is InChI=1S/C36H35N5O7/c1-21(2)26-18-27(23(4)15-31(26)46-5)35-39-29-14-10-8-12-25(29)36(43)40(35)37-19-24-16-30(41(44)45)34(32(17-24)47-6)48-20-33(42)38-28-13-9-7-11-22(28)3/h7-19,21H,20H2,1-6H3,(H,38,42). The molecule has 48 heavy (non-hydrogen) atoms. The second kappa shape index (κ2) is 14.2. The maximum absolute atomic E-state index is 13.8. The number of rotatable bonds is 11. The van der Waals surface area contributed by atoms with Gasteiger partial charge in [-0.05, 0) is 72.9 Å². The molecular weight excluding hydrogens is 614 g/mol. The fraction of sp³-hybridized carbons (Fsp3) is 0.222. The third-order valence-electron chi connectivity index (χ3n) is 7.76. The minimum absolute atomic E-state index is 0.00567.